The number of thioether (sulfide) groups is 1. The van der Waals surface area contributed by atoms with Crippen molar-refractivity contribution in [3.63, 3.8) is 0 Å². The largest absolute Gasteiger partial charge is 0.478 e. The monoisotopic (exact) mass is 252 g/mol. The van der Waals surface area contributed by atoms with Gasteiger partial charge in [0.15, 0.2) is 0 Å². The van der Waals surface area contributed by atoms with Crippen LogP contribution in [0.4, 0.5) is 0 Å². The van der Waals surface area contributed by atoms with Crippen molar-refractivity contribution >= 4 is 17.7 Å². The van der Waals surface area contributed by atoms with E-state index >= 15 is 0 Å². The highest BCUT2D eigenvalue weighted by Crippen LogP contribution is 2.19. The first-order valence-corrected chi connectivity index (χ1v) is 7.06. The highest BCUT2D eigenvalue weighted by atomic mass is 32.2. The highest BCUT2D eigenvalue weighted by Gasteiger charge is 2.05. The first kappa shape index (κ1) is 14.1. The molecule has 1 rings (SSSR count). The Balaban J connectivity index is 2.52. The number of carboxylic acids is 1. The second-order valence-corrected chi connectivity index (χ2v) is 5.79. The van der Waals surface area contributed by atoms with Gasteiger partial charge in [0.25, 0.3) is 0 Å². The fourth-order valence-electron chi connectivity index (χ4n) is 1.49. The van der Waals surface area contributed by atoms with Gasteiger partial charge in [0, 0.05) is 5.75 Å². The molecule has 17 heavy (non-hydrogen) atoms. The first-order chi connectivity index (χ1) is 8.00. The molecule has 0 saturated heterocycles. The first-order valence-electron chi connectivity index (χ1n) is 5.91. The van der Waals surface area contributed by atoms with E-state index in [-0.39, 0.29) is 0 Å². The van der Waals surface area contributed by atoms with Gasteiger partial charge in [-0.15, -0.1) is 0 Å². The van der Waals surface area contributed by atoms with Gasteiger partial charge in [0.05, 0.1) is 5.56 Å². The maximum absolute atomic E-state index is 10.8. The lowest BCUT2D eigenvalue weighted by Crippen LogP contribution is -1.98. The van der Waals surface area contributed by atoms with Crippen LogP contribution in [0.3, 0.4) is 0 Å². The summed E-state index contributed by atoms with van der Waals surface area (Å²) in [6, 6.07) is 5.37. The minimum absolute atomic E-state index is 0.374. The van der Waals surface area contributed by atoms with Crippen molar-refractivity contribution in [1.29, 1.82) is 0 Å². The summed E-state index contributed by atoms with van der Waals surface area (Å²) in [6.07, 6.45) is 1.23. The lowest BCUT2D eigenvalue weighted by molar-refractivity contribution is 0.0697. The van der Waals surface area contributed by atoms with E-state index in [1.807, 2.05) is 24.8 Å². The van der Waals surface area contributed by atoms with Crippen LogP contribution in [0.5, 0.6) is 0 Å². The molecule has 0 aliphatic heterocycles. The molecule has 3 heteroatoms. The average molecular weight is 252 g/mol. The molecule has 1 aromatic rings. The van der Waals surface area contributed by atoms with Gasteiger partial charge in [-0.05, 0) is 48.3 Å². The van der Waals surface area contributed by atoms with Crippen LogP contribution in [0.2, 0.25) is 0 Å². The maximum Gasteiger partial charge on any atom is 0.335 e. The Labute approximate surface area is 107 Å². The number of aryl methyl sites for hydroxylation is 1. The summed E-state index contributed by atoms with van der Waals surface area (Å²) in [6.45, 7) is 6.44. The molecule has 0 atom stereocenters. The summed E-state index contributed by atoms with van der Waals surface area (Å²) in [5, 5.41) is 8.87. The predicted molar refractivity (Wildman–Crippen MR) is 73.8 cm³/mol. The molecule has 0 aliphatic carbocycles. The molecule has 1 aromatic carbocycles. The van der Waals surface area contributed by atoms with E-state index in [0.717, 1.165) is 23.0 Å². The van der Waals surface area contributed by atoms with Crippen molar-refractivity contribution in [2.24, 2.45) is 5.92 Å². The number of carboxylic acid groups (broad SMARTS) is 1. The lowest BCUT2D eigenvalue weighted by atomic mass is 10.1. The van der Waals surface area contributed by atoms with E-state index in [2.05, 4.69) is 13.8 Å². The van der Waals surface area contributed by atoms with E-state index in [1.165, 1.54) is 12.0 Å². The Hall–Kier alpha value is -0.960. The van der Waals surface area contributed by atoms with E-state index < -0.39 is 5.97 Å². The zero-order chi connectivity index (χ0) is 12.8. The van der Waals surface area contributed by atoms with E-state index in [9.17, 15) is 4.79 Å². The molecule has 1 N–H and O–H groups in total. The summed E-state index contributed by atoms with van der Waals surface area (Å²) >= 11 is 1.92. The second-order valence-electron chi connectivity index (χ2n) is 4.68. The molecule has 0 aromatic heterocycles. The Bertz CT molecular complexity index is 386. The topological polar surface area (TPSA) is 37.3 Å². The van der Waals surface area contributed by atoms with E-state index in [4.69, 9.17) is 5.11 Å². The maximum atomic E-state index is 10.8. The number of rotatable bonds is 6. The Morgan fingerprint density at radius 2 is 2.12 bits per heavy atom. The van der Waals surface area contributed by atoms with Crippen molar-refractivity contribution in [2.45, 2.75) is 32.9 Å². The third-order valence-corrected chi connectivity index (χ3v) is 3.73. The second kappa shape index (κ2) is 6.70. The summed E-state index contributed by atoms with van der Waals surface area (Å²) < 4.78 is 0. The zero-order valence-electron chi connectivity index (χ0n) is 10.7. The van der Waals surface area contributed by atoms with Gasteiger partial charge < -0.3 is 5.11 Å². The molecule has 0 fully saturated rings. The van der Waals surface area contributed by atoms with Crippen LogP contribution in [0.15, 0.2) is 18.2 Å². The van der Waals surface area contributed by atoms with Gasteiger partial charge in [-0.3, -0.25) is 0 Å². The van der Waals surface area contributed by atoms with Gasteiger partial charge in [-0.2, -0.15) is 11.8 Å². The normalized spacial score (nSPS) is 10.8. The van der Waals surface area contributed by atoms with Crippen molar-refractivity contribution in [1.82, 2.24) is 0 Å². The molecule has 0 radical (unpaired) electrons. The quantitative estimate of drug-likeness (QED) is 0.778. The third kappa shape index (κ3) is 4.82. The van der Waals surface area contributed by atoms with Gasteiger partial charge in [0.2, 0.25) is 0 Å². The minimum atomic E-state index is -0.855. The van der Waals surface area contributed by atoms with Crippen molar-refractivity contribution in [3.05, 3.63) is 34.9 Å². The van der Waals surface area contributed by atoms with Crippen LogP contribution in [-0.2, 0) is 5.75 Å². The molecule has 0 amide bonds. The van der Waals surface area contributed by atoms with Crippen LogP contribution in [0.25, 0.3) is 0 Å². The smallest absolute Gasteiger partial charge is 0.335 e. The molecule has 0 saturated carbocycles. The van der Waals surface area contributed by atoms with E-state index in [1.54, 1.807) is 12.1 Å². The number of hydrogen-bond donors (Lipinski definition) is 1. The lowest BCUT2D eigenvalue weighted by Gasteiger charge is -2.08. The molecule has 0 spiro atoms. The predicted octanol–water partition coefficient (Wildman–Crippen LogP) is 3.97. The summed E-state index contributed by atoms with van der Waals surface area (Å²) in [4.78, 5) is 10.8. The SMILES string of the molecule is Cc1cc(C(=O)O)ccc1CSCCC(C)C. The molecule has 0 bridgehead atoms. The van der Waals surface area contributed by atoms with Crippen LogP contribution in [0, 0.1) is 12.8 Å². The molecular weight excluding hydrogens is 232 g/mol. The molecule has 2 nitrogen and oxygen atoms in total. The standard InChI is InChI=1S/C14H20O2S/c1-10(2)6-7-17-9-13-5-4-12(14(15)16)8-11(13)3/h4-5,8,10H,6-7,9H2,1-3H3,(H,15,16). The summed E-state index contributed by atoms with van der Waals surface area (Å²) in [7, 11) is 0. The molecule has 0 heterocycles. The van der Waals surface area contributed by atoms with Crippen molar-refractivity contribution < 1.29 is 9.90 Å². The highest BCUT2D eigenvalue weighted by molar-refractivity contribution is 7.98. The van der Waals surface area contributed by atoms with Crippen LogP contribution < -0.4 is 0 Å². The van der Waals surface area contributed by atoms with Crippen molar-refractivity contribution in [3.8, 4) is 0 Å². The Morgan fingerprint density at radius 3 is 2.65 bits per heavy atom. The van der Waals surface area contributed by atoms with Crippen LogP contribution in [-0.4, -0.2) is 16.8 Å². The zero-order valence-corrected chi connectivity index (χ0v) is 11.5. The van der Waals surface area contributed by atoms with Gasteiger partial charge in [-0.25, -0.2) is 4.79 Å². The van der Waals surface area contributed by atoms with Crippen LogP contribution in [0.1, 0.15) is 41.8 Å². The van der Waals surface area contributed by atoms with Crippen LogP contribution >= 0.6 is 11.8 Å². The average Bonchev–Trinajstić information content (AvgIpc) is 2.25. The number of carbonyl (C=O) groups is 1. The number of hydrogen-bond acceptors (Lipinski definition) is 2. The fraction of sp³-hybridized carbons (Fsp3) is 0.500. The Kier molecular flexibility index (Phi) is 5.56. The molecular formula is C14H20O2S. The molecule has 94 valence electrons. The minimum Gasteiger partial charge on any atom is -0.478 e. The molecule has 0 unspecified atom stereocenters. The Morgan fingerprint density at radius 1 is 1.41 bits per heavy atom. The number of benzene rings is 1. The van der Waals surface area contributed by atoms with Gasteiger partial charge in [0.1, 0.15) is 0 Å². The van der Waals surface area contributed by atoms with Gasteiger partial charge >= 0.3 is 5.97 Å². The van der Waals surface area contributed by atoms with Gasteiger partial charge in [-0.1, -0.05) is 19.9 Å². The third-order valence-electron chi connectivity index (χ3n) is 2.69. The summed E-state index contributed by atoms with van der Waals surface area (Å²) in [5.74, 6) is 2.03. The number of aromatic carboxylic acids is 1. The molecule has 0 aliphatic rings. The summed E-state index contributed by atoms with van der Waals surface area (Å²) in [5.41, 5.74) is 2.68. The fourth-order valence-corrected chi connectivity index (χ4v) is 2.82. The van der Waals surface area contributed by atoms with E-state index in [0.29, 0.717) is 5.56 Å². The van der Waals surface area contributed by atoms with Crippen molar-refractivity contribution in [2.75, 3.05) is 5.75 Å².